The molecule has 0 saturated heterocycles. The third kappa shape index (κ3) is 2.25. The SMILES string of the molecule is CC.Cc1ncccc1-c1cnc2cc[nH]c2c1. The lowest BCUT2D eigenvalue weighted by Crippen LogP contribution is -1.87. The predicted octanol–water partition coefficient (Wildman–Crippen LogP) is 3.96. The van der Waals surface area contributed by atoms with E-state index in [-0.39, 0.29) is 0 Å². The maximum absolute atomic E-state index is 4.40. The van der Waals surface area contributed by atoms with Crippen molar-refractivity contribution in [1.29, 1.82) is 0 Å². The fourth-order valence-corrected chi connectivity index (χ4v) is 1.87. The van der Waals surface area contributed by atoms with Gasteiger partial charge in [-0.2, -0.15) is 0 Å². The molecule has 0 aromatic carbocycles. The Hall–Kier alpha value is -2.16. The van der Waals surface area contributed by atoms with Gasteiger partial charge in [-0.15, -0.1) is 0 Å². The molecule has 0 aliphatic rings. The van der Waals surface area contributed by atoms with Gasteiger partial charge in [-0.05, 0) is 25.1 Å². The van der Waals surface area contributed by atoms with Crippen LogP contribution >= 0.6 is 0 Å². The normalized spacial score (nSPS) is 9.94. The molecule has 3 aromatic rings. The number of hydrogen-bond acceptors (Lipinski definition) is 2. The van der Waals surface area contributed by atoms with E-state index in [2.05, 4.69) is 27.1 Å². The van der Waals surface area contributed by atoms with E-state index in [1.165, 1.54) is 0 Å². The fourth-order valence-electron chi connectivity index (χ4n) is 1.87. The van der Waals surface area contributed by atoms with Crippen molar-refractivity contribution in [2.75, 3.05) is 0 Å². The van der Waals surface area contributed by atoms with Gasteiger partial charge in [0.25, 0.3) is 0 Å². The van der Waals surface area contributed by atoms with Crippen LogP contribution in [0.3, 0.4) is 0 Å². The van der Waals surface area contributed by atoms with E-state index in [1.807, 2.05) is 45.3 Å². The Morgan fingerprint density at radius 3 is 2.72 bits per heavy atom. The average Bonchev–Trinajstić information content (AvgIpc) is 2.89. The molecule has 3 aromatic heterocycles. The van der Waals surface area contributed by atoms with E-state index in [1.54, 1.807) is 6.20 Å². The van der Waals surface area contributed by atoms with Crippen LogP contribution in [0.4, 0.5) is 0 Å². The first-order chi connectivity index (χ1) is 8.84. The molecule has 0 unspecified atom stereocenters. The lowest BCUT2D eigenvalue weighted by molar-refractivity contribution is 1.20. The molecule has 0 bridgehead atoms. The first-order valence-corrected chi connectivity index (χ1v) is 6.20. The minimum atomic E-state index is 0.991. The summed E-state index contributed by atoms with van der Waals surface area (Å²) in [6.45, 7) is 6.01. The summed E-state index contributed by atoms with van der Waals surface area (Å²) < 4.78 is 0. The molecule has 18 heavy (non-hydrogen) atoms. The van der Waals surface area contributed by atoms with Gasteiger partial charge in [0.05, 0.1) is 11.0 Å². The first kappa shape index (κ1) is 12.3. The van der Waals surface area contributed by atoms with Gasteiger partial charge in [0, 0.05) is 35.4 Å². The minimum absolute atomic E-state index is 0.991. The van der Waals surface area contributed by atoms with E-state index in [9.17, 15) is 0 Å². The number of fused-ring (bicyclic) bond motifs is 1. The Morgan fingerprint density at radius 1 is 1.11 bits per heavy atom. The number of hydrogen-bond donors (Lipinski definition) is 1. The van der Waals surface area contributed by atoms with E-state index in [0.29, 0.717) is 0 Å². The largest absolute Gasteiger partial charge is 0.360 e. The van der Waals surface area contributed by atoms with Crippen LogP contribution in [0, 0.1) is 6.92 Å². The molecular formula is C15H17N3. The van der Waals surface area contributed by atoms with Gasteiger partial charge in [0.1, 0.15) is 0 Å². The quantitative estimate of drug-likeness (QED) is 0.698. The van der Waals surface area contributed by atoms with Crippen molar-refractivity contribution >= 4 is 11.0 Å². The summed E-state index contributed by atoms with van der Waals surface area (Å²) in [5.41, 5.74) is 5.30. The summed E-state index contributed by atoms with van der Waals surface area (Å²) in [6.07, 6.45) is 5.59. The number of aryl methyl sites for hydroxylation is 1. The van der Waals surface area contributed by atoms with Crippen LogP contribution in [0.1, 0.15) is 19.5 Å². The Bertz CT molecular complexity index is 641. The van der Waals surface area contributed by atoms with Gasteiger partial charge >= 0.3 is 0 Å². The number of aromatic amines is 1. The molecule has 0 fully saturated rings. The summed E-state index contributed by atoms with van der Waals surface area (Å²) in [6, 6.07) is 8.08. The number of H-pyrrole nitrogens is 1. The van der Waals surface area contributed by atoms with Gasteiger partial charge in [0.2, 0.25) is 0 Å². The van der Waals surface area contributed by atoms with E-state index < -0.39 is 0 Å². The van der Waals surface area contributed by atoms with Gasteiger partial charge in [-0.1, -0.05) is 19.9 Å². The molecule has 0 amide bonds. The molecule has 92 valence electrons. The topological polar surface area (TPSA) is 41.6 Å². The number of nitrogens with zero attached hydrogens (tertiary/aromatic N) is 2. The van der Waals surface area contributed by atoms with Crippen LogP contribution in [0.15, 0.2) is 42.9 Å². The third-order valence-electron chi connectivity index (χ3n) is 2.72. The molecular weight excluding hydrogens is 222 g/mol. The second-order valence-electron chi connectivity index (χ2n) is 3.77. The Balaban J connectivity index is 0.000000574. The van der Waals surface area contributed by atoms with Gasteiger partial charge in [-0.25, -0.2) is 0 Å². The first-order valence-electron chi connectivity index (χ1n) is 6.20. The monoisotopic (exact) mass is 239 g/mol. The van der Waals surface area contributed by atoms with Crippen molar-refractivity contribution in [2.24, 2.45) is 0 Å². The summed E-state index contributed by atoms with van der Waals surface area (Å²) in [5.74, 6) is 0. The van der Waals surface area contributed by atoms with Crippen molar-refractivity contribution < 1.29 is 0 Å². The zero-order valence-corrected chi connectivity index (χ0v) is 10.9. The maximum Gasteiger partial charge on any atom is 0.0879 e. The summed E-state index contributed by atoms with van der Waals surface area (Å²) in [7, 11) is 0. The van der Waals surface area contributed by atoms with Crippen LogP contribution in [0.25, 0.3) is 22.2 Å². The molecule has 3 rings (SSSR count). The highest BCUT2D eigenvalue weighted by Crippen LogP contribution is 2.23. The smallest absolute Gasteiger partial charge is 0.0879 e. The van der Waals surface area contributed by atoms with E-state index in [0.717, 1.165) is 27.9 Å². The number of nitrogens with one attached hydrogen (secondary N) is 1. The van der Waals surface area contributed by atoms with Gasteiger partial charge < -0.3 is 4.98 Å². The van der Waals surface area contributed by atoms with Crippen LogP contribution in [0.5, 0.6) is 0 Å². The molecule has 0 saturated carbocycles. The molecule has 0 aliphatic heterocycles. The van der Waals surface area contributed by atoms with Crippen molar-refractivity contribution in [2.45, 2.75) is 20.8 Å². The highest BCUT2D eigenvalue weighted by Gasteiger charge is 2.04. The average molecular weight is 239 g/mol. The predicted molar refractivity (Wildman–Crippen MR) is 75.4 cm³/mol. The zero-order valence-electron chi connectivity index (χ0n) is 10.9. The Labute approximate surface area is 107 Å². The molecule has 3 heterocycles. The second-order valence-corrected chi connectivity index (χ2v) is 3.77. The Kier molecular flexibility index (Phi) is 3.72. The second kappa shape index (κ2) is 5.45. The van der Waals surface area contributed by atoms with Crippen molar-refractivity contribution in [1.82, 2.24) is 15.0 Å². The van der Waals surface area contributed by atoms with Crippen molar-refractivity contribution in [3.63, 3.8) is 0 Å². The molecule has 3 nitrogen and oxygen atoms in total. The lowest BCUT2D eigenvalue weighted by Gasteiger charge is -2.04. The Morgan fingerprint density at radius 2 is 1.94 bits per heavy atom. The number of rotatable bonds is 1. The molecule has 0 atom stereocenters. The van der Waals surface area contributed by atoms with Crippen LogP contribution < -0.4 is 0 Å². The summed E-state index contributed by atoms with van der Waals surface area (Å²) >= 11 is 0. The third-order valence-corrected chi connectivity index (χ3v) is 2.72. The van der Waals surface area contributed by atoms with Gasteiger partial charge in [-0.3, -0.25) is 9.97 Å². The highest BCUT2D eigenvalue weighted by atomic mass is 14.8. The lowest BCUT2D eigenvalue weighted by atomic mass is 10.1. The molecule has 0 aliphatic carbocycles. The standard InChI is InChI=1S/C13H11N3.C2H6/c1-9-11(3-2-5-14-9)10-7-13-12(16-8-10)4-6-15-13;1-2/h2-8,15H,1H3;1-2H3. The molecule has 3 heteroatoms. The van der Waals surface area contributed by atoms with Crippen molar-refractivity contribution in [3.8, 4) is 11.1 Å². The molecule has 1 N–H and O–H groups in total. The fraction of sp³-hybridized carbons (Fsp3) is 0.200. The summed E-state index contributed by atoms with van der Waals surface area (Å²) in [4.78, 5) is 11.9. The molecule has 0 spiro atoms. The highest BCUT2D eigenvalue weighted by molar-refractivity contribution is 5.81. The van der Waals surface area contributed by atoms with E-state index >= 15 is 0 Å². The van der Waals surface area contributed by atoms with Crippen LogP contribution in [0.2, 0.25) is 0 Å². The summed E-state index contributed by atoms with van der Waals surface area (Å²) in [5, 5.41) is 0. The van der Waals surface area contributed by atoms with Crippen molar-refractivity contribution in [3.05, 3.63) is 48.5 Å². The van der Waals surface area contributed by atoms with Crippen LogP contribution in [-0.4, -0.2) is 15.0 Å². The number of pyridine rings is 2. The number of aromatic nitrogens is 3. The van der Waals surface area contributed by atoms with E-state index in [4.69, 9.17) is 0 Å². The molecule has 0 radical (unpaired) electrons. The van der Waals surface area contributed by atoms with Crippen LogP contribution in [-0.2, 0) is 0 Å². The zero-order chi connectivity index (χ0) is 13.0. The van der Waals surface area contributed by atoms with Gasteiger partial charge in [0.15, 0.2) is 0 Å². The maximum atomic E-state index is 4.40. The minimum Gasteiger partial charge on any atom is -0.360 e.